The fourth-order valence-corrected chi connectivity index (χ4v) is 2.60. The van der Waals surface area contributed by atoms with Crippen LogP contribution in [0.5, 0.6) is 0 Å². The van der Waals surface area contributed by atoms with Gasteiger partial charge >= 0.3 is 0 Å². The third kappa shape index (κ3) is 2.23. The number of nitrogens with zero attached hydrogens (tertiary/aromatic N) is 1. The molecule has 3 N–H and O–H groups in total. The van der Waals surface area contributed by atoms with Crippen molar-refractivity contribution >= 4 is 22.3 Å². The Hall–Kier alpha value is -2.42. The van der Waals surface area contributed by atoms with E-state index in [1.807, 2.05) is 12.1 Å². The van der Waals surface area contributed by atoms with Crippen LogP contribution in [-0.2, 0) is 6.54 Å². The number of aromatic amines is 1. The number of fused-ring (bicyclic) bond motifs is 1. The van der Waals surface area contributed by atoms with Crippen LogP contribution in [0.4, 0.5) is 11.4 Å². The smallest absolute Gasteiger partial charge is 0.0459 e. The van der Waals surface area contributed by atoms with Gasteiger partial charge < -0.3 is 15.6 Å². The lowest BCUT2D eigenvalue weighted by Gasteiger charge is -2.19. The maximum Gasteiger partial charge on any atom is 0.0459 e. The van der Waals surface area contributed by atoms with Crippen molar-refractivity contribution in [3.05, 3.63) is 59.8 Å². The Morgan fingerprint density at radius 2 is 1.75 bits per heavy atom. The van der Waals surface area contributed by atoms with Crippen LogP contribution >= 0.6 is 0 Å². The molecule has 0 atom stereocenters. The van der Waals surface area contributed by atoms with Gasteiger partial charge in [0, 0.05) is 41.6 Å². The molecule has 20 heavy (non-hydrogen) atoms. The van der Waals surface area contributed by atoms with Crippen LogP contribution in [0.15, 0.2) is 48.5 Å². The summed E-state index contributed by atoms with van der Waals surface area (Å²) >= 11 is 0. The minimum Gasteiger partial charge on any atom is -0.399 e. The number of H-pyrrole nitrogens is 1. The summed E-state index contributed by atoms with van der Waals surface area (Å²) in [5.74, 6) is 0. The Morgan fingerprint density at radius 3 is 2.50 bits per heavy atom. The average molecular weight is 265 g/mol. The van der Waals surface area contributed by atoms with E-state index in [9.17, 15) is 0 Å². The molecule has 0 aliphatic rings. The number of aromatic nitrogens is 1. The SMILES string of the molecule is Cc1[nH]c2ccccc2c1CN(C)c1ccc(N)cc1. The van der Waals surface area contributed by atoms with E-state index in [4.69, 9.17) is 5.73 Å². The molecule has 0 spiro atoms. The molecule has 0 unspecified atom stereocenters. The Labute approximate surface area is 119 Å². The predicted octanol–water partition coefficient (Wildman–Crippen LogP) is 3.69. The van der Waals surface area contributed by atoms with Crippen LogP contribution in [-0.4, -0.2) is 12.0 Å². The van der Waals surface area contributed by atoms with Crippen molar-refractivity contribution in [2.24, 2.45) is 0 Å². The summed E-state index contributed by atoms with van der Waals surface area (Å²) < 4.78 is 0. The molecule has 0 saturated heterocycles. The highest BCUT2D eigenvalue weighted by Gasteiger charge is 2.10. The van der Waals surface area contributed by atoms with Gasteiger partial charge in [-0.15, -0.1) is 0 Å². The first kappa shape index (κ1) is 12.6. The van der Waals surface area contributed by atoms with Gasteiger partial charge in [-0.05, 0) is 42.8 Å². The van der Waals surface area contributed by atoms with Gasteiger partial charge in [-0.25, -0.2) is 0 Å². The van der Waals surface area contributed by atoms with E-state index in [1.54, 1.807) is 0 Å². The van der Waals surface area contributed by atoms with Crippen LogP contribution < -0.4 is 10.6 Å². The molecular weight excluding hydrogens is 246 g/mol. The van der Waals surface area contributed by atoms with Crippen molar-refractivity contribution in [3.63, 3.8) is 0 Å². The van der Waals surface area contributed by atoms with Crippen molar-refractivity contribution in [3.8, 4) is 0 Å². The summed E-state index contributed by atoms with van der Waals surface area (Å²) in [5, 5.41) is 1.30. The number of rotatable bonds is 3. The lowest BCUT2D eigenvalue weighted by Crippen LogP contribution is -2.16. The summed E-state index contributed by atoms with van der Waals surface area (Å²) in [7, 11) is 2.10. The number of nitrogen functional groups attached to an aromatic ring is 1. The second-order valence-corrected chi connectivity index (χ2v) is 5.22. The average Bonchev–Trinajstić information content (AvgIpc) is 2.76. The van der Waals surface area contributed by atoms with E-state index in [0.717, 1.165) is 12.2 Å². The summed E-state index contributed by atoms with van der Waals surface area (Å²) in [5.41, 5.74) is 11.5. The molecule has 3 heteroatoms. The van der Waals surface area contributed by atoms with Gasteiger partial charge in [-0.2, -0.15) is 0 Å². The van der Waals surface area contributed by atoms with Gasteiger partial charge in [-0.1, -0.05) is 18.2 Å². The zero-order chi connectivity index (χ0) is 14.1. The van der Waals surface area contributed by atoms with Gasteiger partial charge in [0.2, 0.25) is 0 Å². The molecule has 1 heterocycles. The lowest BCUT2D eigenvalue weighted by atomic mass is 10.1. The van der Waals surface area contributed by atoms with Crippen molar-refractivity contribution in [2.45, 2.75) is 13.5 Å². The number of hydrogen-bond acceptors (Lipinski definition) is 2. The Bertz CT molecular complexity index is 726. The van der Waals surface area contributed by atoms with Crippen molar-refractivity contribution in [2.75, 3.05) is 17.7 Å². The molecule has 0 aliphatic heterocycles. The van der Waals surface area contributed by atoms with Gasteiger partial charge in [0.1, 0.15) is 0 Å². The number of anilines is 2. The molecule has 102 valence electrons. The summed E-state index contributed by atoms with van der Waals surface area (Å²) in [4.78, 5) is 5.68. The number of nitrogens with one attached hydrogen (secondary N) is 1. The topological polar surface area (TPSA) is 45.0 Å². The van der Waals surface area contributed by atoms with Crippen LogP contribution in [0.3, 0.4) is 0 Å². The minimum absolute atomic E-state index is 0.797. The van der Waals surface area contributed by atoms with E-state index in [1.165, 1.54) is 27.8 Å². The monoisotopic (exact) mass is 265 g/mol. The number of aryl methyl sites for hydroxylation is 1. The molecule has 1 aromatic heterocycles. The quantitative estimate of drug-likeness (QED) is 0.709. The summed E-state index contributed by atoms with van der Waals surface area (Å²) in [6, 6.07) is 16.4. The first-order valence-corrected chi connectivity index (χ1v) is 6.78. The standard InChI is InChI=1S/C17H19N3/c1-12-16(15-5-3-4-6-17(15)19-12)11-20(2)14-9-7-13(18)8-10-14/h3-10,19H,11,18H2,1-2H3. The van der Waals surface area contributed by atoms with E-state index < -0.39 is 0 Å². The highest BCUT2D eigenvalue weighted by molar-refractivity contribution is 5.84. The molecule has 2 aromatic carbocycles. The molecular formula is C17H19N3. The first-order chi connectivity index (χ1) is 9.65. The number of nitrogens with two attached hydrogens (primary N) is 1. The third-order valence-corrected chi connectivity index (χ3v) is 3.76. The Balaban J connectivity index is 1.92. The van der Waals surface area contributed by atoms with E-state index in [-0.39, 0.29) is 0 Å². The lowest BCUT2D eigenvalue weighted by molar-refractivity contribution is 0.919. The number of hydrogen-bond donors (Lipinski definition) is 2. The molecule has 0 bridgehead atoms. The van der Waals surface area contributed by atoms with Crippen LogP contribution in [0.1, 0.15) is 11.3 Å². The van der Waals surface area contributed by atoms with Crippen LogP contribution in [0, 0.1) is 6.92 Å². The van der Waals surface area contributed by atoms with Gasteiger partial charge in [0.25, 0.3) is 0 Å². The van der Waals surface area contributed by atoms with Crippen LogP contribution in [0.2, 0.25) is 0 Å². The number of para-hydroxylation sites is 1. The molecule has 0 radical (unpaired) electrons. The van der Waals surface area contributed by atoms with E-state index >= 15 is 0 Å². The molecule has 0 saturated carbocycles. The molecule has 3 aromatic rings. The zero-order valence-corrected chi connectivity index (χ0v) is 11.9. The fraction of sp³-hybridized carbons (Fsp3) is 0.176. The molecule has 3 nitrogen and oxygen atoms in total. The number of benzene rings is 2. The first-order valence-electron chi connectivity index (χ1n) is 6.78. The second-order valence-electron chi connectivity index (χ2n) is 5.22. The van der Waals surface area contributed by atoms with Crippen molar-refractivity contribution in [1.29, 1.82) is 0 Å². The molecule has 0 fully saturated rings. The minimum atomic E-state index is 0.797. The summed E-state index contributed by atoms with van der Waals surface area (Å²) in [6.45, 7) is 3.01. The Kier molecular flexibility index (Phi) is 3.11. The predicted molar refractivity (Wildman–Crippen MR) is 86.0 cm³/mol. The van der Waals surface area contributed by atoms with Crippen molar-refractivity contribution in [1.82, 2.24) is 4.98 Å². The van der Waals surface area contributed by atoms with E-state index in [0.29, 0.717) is 0 Å². The molecule has 0 aliphatic carbocycles. The molecule has 3 rings (SSSR count). The maximum atomic E-state index is 5.74. The fourth-order valence-electron chi connectivity index (χ4n) is 2.60. The largest absolute Gasteiger partial charge is 0.399 e. The van der Waals surface area contributed by atoms with Crippen molar-refractivity contribution < 1.29 is 0 Å². The highest BCUT2D eigenvalue weighted by atomic mass is 15.1. The van der Waals surface area contributed by atoms with Crippen LogP contribution in [0.25, 0.3) is 10.9 Å². The van der Waals surface area contributed by atoms with E-state index in [2.05, 4.69) is 60.3 Å². The molecule has 0 amide bonds. The normalized spacial score (nSPS) is 10.9. The summed E-state index contributed by atoms with van der Waals surface area (Å²) in [6.07, 6.45) is 0. The second kappa shape index (κ2) is 4.93. The third-order valence-electron chi connectivity index (χ3n) is 3.76. The highest BCUT2D eigenvalue weighted by Crippen LogP contribution is 2.25. The Morgan fingerprint density at radius 1 is 1.05 bits per heavy atom. The maximum absolute atomic E-state index is 5.74. The zero-order valence-electron chi connectivity index (χ0n) is 11.9. The van der Waals surface area contributed by atoms with Gasteiger partial charge in [-0.3, -0.25) is 0 Å². The van der Waals surface area contributed by atoms with Gasteiger partial charge in [0.05, 0.1) is 0 Å². The van der Waals surface area contributed by atoms with Gasteiger partial charge in [0.15, 0.2) is 0 Å².